The van der Waals surface area contributed by atoms with Crippen LogP contribution in [0.2, 0.25) is 0 Å². The molecule has 0 saturated carbocycles. The smallest absolute Gasteiger partial charge is 0.267 e. The lowest BCUT2D eigenvalue weighted by Gasteiger charge is -2.33. The maximum atomic E-state index is 12.2. The third-order valence-electron chi connectivity index (χ3n) is 3.81. The largest absolute Gasteiger partial charge is 0.395 e. The van der Waals surface area contributed by atoms with Crippen molar-refractivity contribution in [3.05, 3.63) is 41.6 Å². The Balaban J connectivity index is 1.95. The zero-order chi connectivity index (χ0) is 16.7. The summed E-state index contributed by atoms with van der Waals surface area (Å²) in [6.45, 7) is 5.90. The van der Waals surface area contributed by atoms with Crippen molar-refractivity contribution < 1.29 is 9.90 Å². The summed E-state index contributed by atoms with van der Waals surface area (Å²) in [6.07, 6.45) is 1.62. The molecule has 2 rings (SSSR count). The molecule has 1 fully saturated rings. The van der Waals surface area contributed by atoms with Crippen LogP contribution in [0.25, 0.3) is 0 Å². The number of rotatable bonds is 5. The average molecular weight is 314 g/mol. The Kier molecular flexibility index (Phi) is 6.15. The van der Waals surface area contributed by atoms with Crippen LogP contribution in [0.1, 0.15) is 5.56 Å². The Bertz CT molecular complexity index is 596. The second kappa shape index (κ2) is 8.32. The topological polar surface area (TPSA) is 79.6 Å². The summed E-state index contributed by atoms with van der Waals surface area (Å²) >= 11 is 0. The van der Waals surface area contributed by atoms with Crippen molar-refractivity contribution in [2.45, 2.75) is 6.92 Å². The molecule has 6 heteroatoms. The van der Waals surface area contributed by atoms with Gasteiger partial charge in [0.2, 0.25) is 0 Å². The average Bonchev–Trinajstić information content (AvgIpc) is 2.56. The first-order valence-electron chi connectivity index (χ1n) is 7.69. The van der Waals surface area contributed by atoms with E-state index in [2.05, 4.69) is 10.2 Å². The molecule has 2 N–H and O–H groups in total. The molecule has 1 saturated heterocycles. The van der Waals surface area contributed by atoms with Crippen molar-refractivity contribution in [2.75, 3.05) is 44.6 Å². The minimum absolute atomic E-state index is 0.0983. The maximum Gasteiger partial charge on any atom is 0.267 e. The van der Waals surface area contributed by atoms with Crippen molar-refractivity contribution in [3.8, 4) is 6.07 Å². The minimum Gasteiger partial charge on any atom is -0.395 e. The summed E-state index contributed by atoms with van der Waals surface area (Å²) in [4.78, 5) is 16.3. The van der Waals surface area contributed by atoms with E-state index in [1.807, 2.05) is 42.2 Å². The van der Waals surface area contributed by atoms with Gasteiger partial charge in [-0.25, -0.2) is 0 Å². The lowest BCUT2D eigenvalue weighted by Crippen LogP contribution is -2.45. The fraction of sp³-hybridized carbons (Fsp3) is 0.412. The number of hydrogen-bond acceptors (Lipinski definition) is 5. The predicted octanol–water partition coefficient (Wildman–Crippen LogP) is 0.951. The van der Waals surface area contributed by atoms with E-state index in [1.165, 1.54) is 0 Å². The number of hydrogen-bond donors (Lipinski definition) is 2. The first kappa shape index (κ1) is 17.0. The van der Waals surface area contributed by atoms with E-state index in [-0.39, 0.29) is 12.2 Å². The van der Waals surface area contributed by atoms with Gasteiger partial charge >= 0.3 is 0 Å². The molecule has 0 bridgehead atoms. The zero-order valence-electron chi connectivity index (χ0n) is 13.3. The van der Waals surface area contributed by atoms with Gasteiger partial charge in [-0.15, -0.1) is 0 Å². The van der Waals surface area contributed by atoms with Crippen molar-refractivity contribution in [2.24, 2.45) is 0 Å². The summed E-state index contributed by atoms with van der Waals surface area (Å²) in [5.41, 5.74) is 1.88. The molecule has 1 aliphatic rings. The number of aryl methyl sites for hydroxylation is 1. The number of aliphatic hydroxyl groups is 1. The highest BCUT2D eigenvalue weighted by atomic mass is 16.3. The number of nitrogens with zero attached hydrogens (tertiary/aromatic N) is 3. The fourth-order valence-electron chi connectivity index (χ4n) is 2.41. The fourth-order valence-corrected chi connectivity index (χ4v) is 2.41. The van der Waals surface area contributed by atoms with Crippen molar-refractivity contribution in [1.29, 1.82) is 5.26 Å². The number of piperazine rings is 1. The molecule has 0 aliphatic carbocycles. The molecule has 23 heavy (non-hydrogen) atoms. The monoisotopic (exact) mass is 314 g/mol. The Labute approximate surface area is 136 Å². The van der Waals surface area contributed by atoms with Crippen molar-refractivity contribution >= 4 is 11.6 Å². The molecule has 6 nitrogen and oxygen atoms in total. The van der Waals surface area contributed by atoms with Gasteiger partial charge in [0, 0.05) is 44.6 Å². The van der Waals surface area contributed by atoms with E-state index in [0.29, 0.717) is 12.2 Å². The number of carbonyl (C=O) groups is 1. The van der Waals surface area contributed by atoms with Gasteiger partial charge in [0.1, 0.15) is 11.6 Å². The minimum atomic E-state index is -0.394. The molecular formula is C17H22N4O2. The van der Waals surface area contributed by atoms with Crippen LogP contribution in [-0.4, -0.2) is 60.1 Å². The zero-order valence-corrected chi connectivity index (χ0v) is 13.3. The number of amides is 1. The highest BCUT2D eigenvalue weighted by Crippen LogP contribution is 2.11. The van der Waals surface area contributed by atoms with Crippen LogP contribution >= 0.6 is 0 Å². The van der Waals surface area contributed by atoms with Gasteiger partial charge in [-0.05, 0) is 19.1 Å². The van der Waals surface area contributed by atoms with E-state index < -0.39 is 5.91 Å². The quantitative estimate of drug-likeness (QED) is 0.625. The summed E-state index contributed by atoms with van der Waals surface area (Å²) < 4.78 is 0. The summed E-state index contributed by atoms with van der Waals surface area (Å²) in [5, 5.41) is 20.9. The number of nitriles is 1. The highest BCUT2D eigenvalue weighted by Gasteiger charge is 2.17. The molecule has 0 aromatic heterocycles. The van der Waals surface area contributed by atoms with Crippen molar-refractivity contribution in [3.63, 3.8) is 0 Å². The normalized spacial score (nSPS) is 16.0. The molecule has 0 spiro atoms. The number of carbonyl (C=O) groups excluding carboxylic acids is 1. The summed E-state index contributed by atoms with van der Waals surface area (Å²) in [7, 11) is 0. The highest BCUT2D eigenvalue weighted by molar-refractivity contribution is 6.06. The number of nitrogens with one attached hydrogen (secondary N) is 1. The molecule has 1 amide bonds. The maximum absolute atomic E-state index is 12.2. The van der Waals surface area contributed by atoms with Crippen LogP contribution in [0.3, 0.4) is 0 Å². The summed E-state index contributed by atoms with van der Waals surface area (Å²) in [6, 6.07) is 9.42. The van der Waals surface area contributed by atoms with Crippen LogP contribution in [0.4, 0.5) is 5.69 Å². The van der Waals surface area contributed by atoms with Crippen LogP contribution in [0.5, 0.6) is 0 Å². The van der Waals surface area contributed by atoms with Crippen LogP contribution in [-0.2, 0) is 4.79 Å². The Morgan fingerprint density at radius 1 is 1.30 bits per heavy atom. The van der Waals surface area contributed by atoms with E-state index in [4.69, 9.17) is 5.11 Å². The van der Waals surface area contributed by atoms with Gasteiger partial charge in [0.05, 0.1) is 6.61 Å². The molecular weight excluding hydrogens is 292 g/mol. The number of benzene rings is 1. The Morgan fingerprint density at radius 3 is 2.52 bits per heavy atom. The van der Waals surface area contributed by atoms with Gasteiger partial charge in [-0.3, -0.25) is 9.69 Å². The molecule has 0 radical (unpaired) electrons. The molecule has 1 aromatic carbocycles. The third kappa shape index (κ3) is 5.09. The van der Waals surface area contributed by atoms with Crippen molar-refractivity contribution in [1.82, 2.24) is 9.80 Å². The molecule has 1 aliphatic heterocycles. The number of β-amino-alcohol motifs (C(OH)–C–C–N with tert-alkyl or cyclic N) is 1. The van der Waals surface area contributed by atoms with Gasteiger partial charge in [-0.2, -0.15) is 5.26 Å². The molecule has 0 unspecified atom stereocenters. The van der Waals surface area contributed by atoms with Crippen LogP contribution in [0.15, 0.2) is 36.0 Å². The second-order valence-corrected chi connectivity index (χ2v) is 5.58. The third-order valence-corrected chi connectivity index (χ3v) is 3.81. The van der Waals surface area contributed by atoms with E-state index in [0.717, 1.165) is 31.7 Å². The van der Waals surface area contributed by atoms with E-state index in [9.17, 15) is 10.1 Å². The van der Waals surface area contributed by atoms with Gasteiger partial charge in [0.15, 0.2) is 0 Å². The SMILES string of the molecule is Cc1ccc(NC(=O)/C(C#N)=C\N2CCN(CCO)CC2)cc1. The molecule has 1 aromatic rings. The van der Waals surface area contributed by atoms with Gasteiger partial charge in [-0.1, -0.05) is 17.7 Å². The molecule has 1 heterocycles. The summed E-state index contributed by atoms with van der Waals surface area (Å²) in [5.74, 6) is -0.394. The Hall–Kier alpha value is -2.36. The number of aliphatic hydroxyl groups excluding tert-OH is 1. The molecule has 122 valence electrons. The van der Waals surface area contributed by atoms with Gasteiger partial charge < -0.3 is 15.3 Å². The number of anilines is 1. The second-order valence-electron chi connectivity index (χ2n) is 5.58. The standard InChI is InChI=1S/C17H22N4O2/c1-14-2-4-16(5-3-14)19-17(23)15(12-18)13-21-8-6-20(7-9-21)10-11-22/h2-5,13,22H,6-11H2,1H3,(H,19,23)/b15-13-. The Morgan fingerprint density at radius 2 is 1.96 bits per heavy atom. The van der Waals surface area contributed by atoms with E-state index in [1.54, 1.807) is 6.20 Å². The van der Waals surface area contributed by atoms with Crippen LogP contribution < -0.4 is 5.32 Å². The first-order valence-corrected chi connectivity index (χ1v) is 7.69. The lowest BCUT2D eigenvalue weighted by atomic mass is 10.2. The predicted molar refractivity (Wildman–Crippen MR) is 88.6 cm³/mol. The van der Waals surface area contributed by atoms with Crippen LogP contribution in [0, 0.1) is 18.3 Å². The lowest BCUT2D eigenvalue weighted by molar-refractivity contribution is -0.112. The first-order chi connectivity index (χ1) is 11.1. The van der Waals surface area contributed by atoms with Gasteiger partial charge in [0.25, 0.3) is 5.91 Å². The van der Waals surface area contributed by atoms with E-state index >= 15 is 0 Å². The molecule has 0 atom stereocenters.